The van der Waals surface area contributed by atoms with Gasteiger partial charge in [-0.3, -0.25) is 33.8 Å². The minimum atomic E-state index is -1.30. The number of imidazole rings is 1. The van der Waals surface area contributed by atoms with Crippen molar-refractivity contribution in [3.63, 3.8) is 0 Å². The van der Waals surface area contributed by atoms with Gasteiger partial charge in [-0.2, -0.15) is 0 Å². The van der Waals surface area contributed by atoms with Crippen LogP contribution in [0.25, 0.3) is 0 Å². The molecule has 0 aliphatic heterocycles. The van der Waals surface area contributed by atoms with E-state index in [0.717, 1.165) is 0 Å². The van der Waals surface area contributed by atoms with Crippen molar-refractivity contribution in [2.24, 2.45) is 51.6 Å². The molecule has 0 bridgehead atoms. The van der Waals surface area contributed by atoms with Crippen LogP contribution in [-0.4, -0.2) is 74.9 Å². The molecule has 0 saturated heterocycles. The number of hydrogen-bond acceptors (Lipinski definition) is 9. The van der Waals surface area contributed by atoms with Gasteiger partial charge in [-0.1, -0.05) is 39.3 Å². The third-order valence-electron chi connectivity index (χ3n) is 8.94. The van der Waals surface area contributed by atoms with Crippen LogP contribution in [0.15, 0.2) is 41.8 Å². The van der Waals surface area contributed by atoms with E-state index in [4.69, 9.17) is 22.9 Å². The van der Waals surface area contributed by atoms with Crippen LogP contribution in [0, 0.1) is 23.7 Å². The number of guanidine groups is 1. The first-order valence-electron chi connectivity index (χ1n) is 17.2. The van der Waals surface area contributed by atoms with Gasteiger partial charge in [0.2, 0.25) is 23.6 Å². The van der Waals surface area contributed by atoms with Crippen LogP contribution < -0.4 is 33.6 Å². The third-order valence-corrected chi connectivity index (χ3v) is 8.94. The van der Waals surface area contributed by atoms with Gasteiger partial charge in [0.25, 0.3) is 0 Å². The SMILES string of the molecule is CC[C@@H](CCCN=C(N)N)C(=O)N[C@@H](CC(N)=O)C(=O)C[C@@H](Cc1ccc(O)cc1)C(=O)N[C@H](C(=O)C[C@@H](Cc1cnc[nH]1)C(N)=O)[C@@H](C)CC. The number of aromatic amines is 1. The monoisotopic (exact) mass is 711 g/mol. The topological polar surface area (TPSA) is 292 Å². The van der Waals surface area contributed by atoms with Crippen LogP contribution >= 0.6 is 0 Å². The first-order chi connectivity index (χ1) is 24.1. The van der Waals surface area contributed by atoms with Crippen molar-refractivity contribution >= 4 is 41.2 Å². The molecule has 0 unspecified atom stereocenters. The van der Waals surface area contributed by atoms with Gasteiger partial charge >= 0.3 is 0 Å². The van der Waals surface area contributed by atoms with Crippen molar-refractivity contribution in [1.82, 2.24) is 20.6 Å². The van der Waals surface area contributed by atoms with E-state index in [1.54, 1.807) is 19.1 Å². The Hall–Kier alpha value is -5.28. The minimum Gasteiger partial charge on any atom is -0.508 e. The Morgan fingerprint density at radius 3 is 2.04 bits per heavy atom. The number of carbonyl (C=O) groups excluding carboxylic acids is 6. The number of nitrogens with one attached hydrogen (secondary N) is 3. The number of hydrogen-bond donors (Lipinski definition) is 8. The van der Waals surface area contributed by atoms with Crippen molar-refractivity contribution < 1.29 is 33.9 Å². The lowest BCUT2D eigenvalue weighted by molar-refractivity contribution is -0.136. The Balaban J connectivity index is 2.32. The number of H-pyrrole nitrogens is 1. The van der Waals surface area contributed by atoms with Crippen molar-refractivity contribution in [2.75, 3.05) is 6.54 Å². The summed E-state index contributed by atoms with van der Waals surface area (Å²) < 4.78 is 0. The Bertz CT molecular complexity index is 1490. The van der Waals surface area contributed by atoms with Crippen LogP contribution in [0.3, 0.4) is 0 Å². The zero-order chi connectivity index (χ0) is 38.1. The van der Waals surface area contributed by atoms with Gasteiger partial charge in [-0.05, 0) is 49.3 Å². The normalized spacial score (nSPS) is 14.6. The van der Waals surface area contributed by atoms with Crippen molar-refractivity contribution in [3.05, 3.63) is 48.0 Å². The quantitative estimate of drug-likeness (QED) is 0.0424. The second-order valence-electron chi connectivity index (χ2n) is 12.9. The number of ketones is 2. The summed E-state index contributed by atoms with van der Waals surface area (Å²) in [6.45, 7) is 5.77. The number of primary amides is 2. The average Bonchev–Trinajstić information content (AvgIpc) is 3.59. The lowest BCUT2D eigenvalue weighted by atomic mass is 9.86. The number of benzene rings is 1. The predicted molar refractivity (Wildman–Crippen MR) is 190 cm³/mol. The number of aromatic hydroxyl groups is 1. The molecule has 12 N–H and O–H groups in total. The van der Waals surface area contributed by atoms with Crippen molar-refractivity contribution in [3.8, 4) is 5.75 Å². The Morgan fingerprint density at radius 2 is 1.49 bits per heavy atom. The molecular weight excluding hydrogens is 658 g/mol. The van der Waals surface area contributed by atoms with Gasteiger partial charge in [0.05, 0.1) is 30.7 Å². The molecule has 1 aromatic heterocycles. The molecule has 6 atom stereocenters. The average molecular weight is 712 g/mol. The molecule has 0 saturated carbocycles. The highest BCUT2D eigenvalue weighted by Gasteiger charge is 2.34. The second kappa shape index (κ2) is 21.1. The number of phenols is 1. The number of phenolic OH excluding ortho intramolecular Hbond substituents is 1. The van der Waals surface area contributed by atoms with E-state index in [1.165, 1.54) is 24.7 Å². The number of aromatic nitrogens is 2. The van der Waals surface area contributed by atoms with Gasteiger partial charge in [-0.25, -0.2) is 4.98 Å². The molecule has 1 aromatic carbocycles. The molecule has 16 heteroatoms. The summed E-state index contributed by atoms with van der Waals surface area (Å²) in [7, 11) is 0. The molecule has 2 aromatic rings. The molecule has 0 spiro atoms. The molecule has 0 radical (unpaired) electrons. The molecule has 4 amide bonds. The van der Waals surface area contributed by atoms with Crippen LogP contribution in [0.2, 0.25) is 0 Å². The number of rotatable bonds is 24. The molecule has 1 heterocycles. The second-order valence-corrected chi connectivity index (χ2v) is 12.9. The van der Waals surface area contributed by atoms with Gasteiger partial charge in [0, 0.05) is 49.5 Å². The van der Waals surface area contributed by atoms with Crippen LogP contribution in [0.1, 0.15) is 77.0 Å². The molecule has 2 rings (SSSR count). The maximum atomic E-state index is 14.0. The largest absolute Gasteiger partial charge is 0.508 e. The molecule has 0 aliphatic rings. The molecule has 51 heavy (non-hydrogen) atoms. The van der Waals surface area contributed by atoms with Crippen molar-refractivity contribution in [1.29, 1.82) is 0 Å². The number of nitrogens with two attached hydrogens (primary N) is 4. The molecule has 0 aliphatic carbocycles. The fourth-order valence-electron chi connectivity index (χ4n) is 5.71. The Morgan fingerprint density at radius 1 is 0.843 bits per heavy atom. The summed E-state index contributed by atoms with van der Waals surface area (Å²) in [5.74, 6) is -6.38. The zero-order valence-corrected chi connectivity index (χ0v) is 29.6. The van der Waals surface area contributed by atoms with Gasteiger partial charge in [0.1, 0.15) is 5.75 Å². The first kappa shape index (κ1) is 41.9. The maximum absolute atomic E-state index is 14.0. The van der Waals surface area contributed by atoms with Gasteiger partial charge in [-0.15, -0.1) is 0 Å². The van der Waals surface area contributed by atoms with E-state index < -0.39 is 77.9 Å². The van der Waals surface area contributed by atoms with E-state index in [0.29, 0.717) is 43.5 Å². The number of nitrogens with zero attached hydrogens (tertiary/aromatic N) is 2. The predicted octanol–water partition coefficient (Wildman–Crippen LogP) is 0.508. The van der Waals surface area contributed by atoms with E-state index in [-0.39, 0.29) is 36.9 Å². The summed E-state index contributed by atoms with van der Waals surface area (Å²) in [6, 6.07) is 3.77. The van der Waals surface area contributed by atoms with E-state index in [2.05, 4.69) is 25.6 Å². The van der Waals surface area contributed by atoms with Crippen LogP contribution in [0.5, 0.6) is 5.75 Å². The number of aliphatic imine (C=N–C) groups is 1. The van der Waals surface area contributed by atoms with Crippen molar-refractivity contribution in [2.45, 2.75) is 90.6 Å². The maximum Gasteiger partial charge on any atom is 0.224 e. The molecule has 16 nitrogen and oxygen atoms in total. The Labute approximate surface area is 298 Å². The van der Waals surface area contributed by atoms with E-state index in [9.17, 15) is 33.9 Å². The first-order valence-corrected chi connectivity index (χ1v) is 17.2. The summed E-state index contributed by atoms with van der Waals surface area (Å²) in [5, 5.41) is 15.3. The standard InChI is InChI=1S/C35H53N9O7/c1-4-20(3)31(29(47)15-23(32(37)49)14-25-18-40-19-42-25)44-34(51)24(13-21-8-10-26(45)11-9-21)16-28(46)27(17-30(36)48)43-33(50)22(5-2)7-6-12-41-35(38)39/h8-11,18-20,22-24,27,31,45H,4-7,12-17H2,1-3H3,(H2,36,48)(H2,37,49)(H,40,42)(H,43,50)(H,44,51)(H4,38,39,41)/t20-,22-,23+,24+,27-,31-/m0/s1. The number of carbonyl (C=O) groups is 6. The Kier molecular flexibility index (Phi) is 17.3. The number of amides is 4. The molecule has 0 fully saturated rings. The fraction of sp³-hybridized carbons (Fsp3) is 0.543. The summed E-state index contributed by atoms with van der Waals surface area (Å²) >= 11 is 0. The van der Waals surface area contributed by atoms with Gasteiger partial charge in [0.15, 0.2) is 17.5 Å². The lowest BCUT2D eigenvalue weighted by Gasteiger charge is -2.28. The van der Waals surface area contributed by atoms with Crippen LogP contribution in [0.4, 0.5) is 0 Å². The highest BCUT2D eigenvalue weighted by atomic mass is 16.3. The van der Waals surface area contributed by atoms with E-state index >= 15 is 0 Å². The van der Waals surface area contributed by atoms with E-state index in [1.807, 2.05) is 13.8 Å². The number of Topliss-reactive ketones (excluding diaryl/α,β-unsaturated/α-hetero) is 2. The summed E-state index contributed by atoms with van der Waals surface area (Å²) in [4.78, 5) is 89.7. The summed E-state index contributed by atoms with van der Waals surface area (Å²) in [5.41, 5.74) is 23.1. The molecular formula is C35H53N9O7. The minimum absolute atomic E-state index is 0.00501. The lowest BCUT2D eigenvalue weighted by Crippen LogP contribution is -2.50. The summed E-state index contributed by atoms with van der Waals surface area (Å²) in [6.07, 6.45) is 3.93. The van der Waals surface area contributed by atoms with Gasteiger partial charge < -0.3 is 43.7 Å². The molecule has 280 valence electrons. The highest BCUT2D eigenvalue weighted by Crippen LogP contribution is 2.22. The van der Waals surface area contributed by atoms with Crippen LogP contribution in [-0.2, 0) is 41.6 Å². The fourth-order valence-corrected chi connectivity index (χ4v) is 5.71. The third kappa shape index (κ3) is 14.6. The zero-order valence-electron chi connectivity index (χ0n) is 29.6. The highest BCUT2D eigenvalue weighted by molar-refractivity contribution is 5.97. The smallest absolute Gasteiger partial charge is 0.224 e.